The van der Waals surface area contributed by atoms with Crippen molar-refractivity contribution in [1.82, 2.24) is 58.8 Å². The first kappa shape index (κ1) is 85.6. The summed E-state index contributed by atoms with van der Waals surface area (Å²) in [4.78, 5) is 29.2. The first-order valence-corrected chi connectivity index (χ1v) is 39.1. The van der Waals surface area contributed by atoms with E-state index >= 15 is 0 Å². The van der Waals surface area contributed by atoms with Gasteiger partial charge in [-0.3, -0.25) is 0 Å². The highest BCUT2D eigenvalue weighted by atomic mass is 16.3. The summed E-state index contributed by atoms with van der Waals surface area (Å²) in [5.74, 6) is 6.97. The lowest BCUT2D eigenvalue weighted by molar-refractivity contribution is 0.0846. The zero-order valence-electron chi connectivity index (χ0n) is 64.4. The molecular formula is C77H164N12O. The van der Waals surface area contributed by atoms with Crippen LogP contribution < -0.4 is 0 Å². The Morgan fingerprint density at radius 1 is 0.278 bits per heavy atom. The number of likely N-dealkylation sites (N-methyl/N-ethyl adjacent to an activating group) is 2. The van der Waals surface area contributed by atoms with Crippen molar-refractivity contribution in [3.63, 3.8) is 0 Å². The summed E-state index contributed by atoms with van der Waals surface area (Å²) in [6, 6.07) is 0.920. The van der Waals surface area contributed by atoms with Crippen LogP contribution in [-0.4, -0.2) is 310 Å². The van der Waals surface area contributed by atoms with Gasteiger partial charge >= 0.3 is 0 Å². The maximum absolute atomic E-state index is 9.04. The van der Waals surface area contributed by atoms with Gasteiger partial charge in [0.1, 0.15) is 0 Å². The minimum Gasteiger partial charge on any atom is -0.392 e. The molecule has 1 N–H and O–H groups in total. The second-order valence-electron chi connectivity index (χ2n) is 31.8. The van der Waals surface area contributed by atoms with E-state index in [1.165, 1.54) is 298 Å². The molecule has 0 radical (unpaired) electrons. The number of piperidine rings is 9. The molecule has 11 aliphatic rings. The molecule has 0 amide bonds. The second-order valence-corrected chi connectivity index (χ2v) is 31.8. The summed E-state index contributed by atoms with van der Waals surface area (Å²) >= 11 is 0. The standard InChI is InChI=1S/C10H20N2.C9H19N.C8H18N2.2C8H17N.4C7H15N.C6H13NO/c1-11-8-4-10(5-9-11)12-6-2-3-7-12;1-3-4-9-5-7-10(2)8-6-9;1-3-4-10-7-5-9(2)6-8-10;2*1-3-8-4-6-9(2)7-5-8;3*1-7-3-5-8(2)6-4-7;1-7-4-3-5-8(2)6-7;1-7-4-2-3-6(8)5-7/h10H,2-9H2,1H3;9H,3-8H2,1-2H3;3-8H2,1-2H3;2*8H,3-7H2,1-2H3;4*7H,3-6H2,1-2H3;6,8H,2-5H2,1H3/t;;;;;;;;7-;/m........0./s1. The molecule has 11 fully saturated rings. The number of rotatable bonds is 7. The normalized spacial score (nSPS) is 27.0. The van der Waals surface area contributed by atoms with Gasteiger partial charge in [0.05, 0.1) is 6.10 Å². The third-order valence-electron chi connectivity index (χ3n) is 22.3. The summed E-state index contributed by atoms with van der Waals surface area (Å²) in [6.45, 7) is 50.6. The molecule has 538 valence electrons. The molecule has 2 atom stereocenters. The van der Waals surface area contributed by atoms with Crippen LogP contribution in [0, 0.1) is 41.4 Å². The van der Waals surface area contributed by atoms with Crippen molar-refractivity contribution in [2.45, 2.75) is 228 Å². The van der Waals surface area contributed by atoms with Gasteiger partial charge in [-0.25, -0.2) is 0 Å². The van der Waals surface area contributed by atoms with Gasteiger partial charge in [-0.15, -0.1) is 0 Å². The van der Waals surface area contributed by atoms with E-state index in [2.05, 4.69) is 178 Å². The van der Waals surface area contributed by atoms with Crippen molar-refractivity contribution in [3.05, 3.63) is 0 Å². The van der Waals surface area contributed by atoms with Crippen LogP contribution in [-0.2, 0) is 0 Å². The summed E-state index contributed by atoms with van der Waals surface area (Å²) in [5, 5.41) is 9.04. The molecule has 11 rings (SSSR count). The Kier molecular flexibility index (Phi) is 50.9. The molecule has 0 aliphatic carbocycles. The fourth-order valence-electron chi connectivity index (χ4n) is 14.5. The molecule has 13 nitrogen and oxygen atoms in total. The minimum absolute atomic E-state index is 0.0613. The summed E-state index contributed by atoms with van der Waals surface area (Å²) in [5.41, 5.74) is 0. The summed E-state index contributed by atoms with van der Waals surface area (Å²) in [6.07, 6.45) is 34.4. The van der Waals surface area contributed by atoms with E-state index in [9.17, 15) is 0 Å². The van der Waals surface area contributed by atoms with E-state index in [0.717, 1.165) is 73.4 Å². The van der Waals surface area contributed by atoms with Crippen LogP contribution in [0.3, 0.4) is 0 Å². The Morgan fingerprint density at radius 2 is 0.600 bits per heavy atom. The lowest BCUT2D eigenvalue weighted by Gasteiger charge is -2.34. The van der Waals surface area contributed by atoms with Crippen molar-refractivity contribution in [2.75, 3.05) is 234 Å². The maximum atomic E-state index is 9.04. The quantitative estimate of drug-likeness (QED) is 0.264. The van der Waals surface area contributed by atoms with Crippen LogP contribution >= 0.6 is 0 Å². The molecule has 11 heterocycles. The van der Waals surface area contributed by atoms with E-state index in [1.807, 2.05) is 7.05 Å². The van der Waals surface area contributed by atoms with E-state index in [4.69, 9.17) is 5.11 Å². The smallest absolute Gasteiger partial charge is 0.0667 e. The third kappa shape index (κ3) is 45.1. The van der Waals surface area contributed by atoms with Crippen molar-refractivity contribution in [1.29, 1.82) is 0 Å². The Balaban J connectivity index is 0.000000342. The van der Waals surface area contributed by atoms with Gasteiger partial charge in [0.25, 0.3) is 0 Å². The molecule has 11 saturated heterocycles. The van der Waals surface area contributed by atoms with Crippen LogP contribution in [0.25, 0.3) is 0 Å². The zero-order valence-corrected chi connectivity index (χ0v) is 64.4. The molecule has 0 aromatic carbocycles. The molecule has 11 aliphatic heterocycles. The molecular weight excluding hydrogens is 1110 g/mol. The largest absolute Gasteiger partial charge is 0.392 e. The van der Waals surface area contributed by atoms with Crippen molar-refractivity contribution in [3.8, 4) is 0 Å². The van der Waals surface area contributed by atoms with Gasteiger partial charge in [-0.1, -0.05) is 81.1 Å². The summed E-state index contributed by atoms with van der Waals surface area (Å²) < 4.78 is 0. The molecule has 0 aromatic rings. The van der Waals surface area contributed by atoms with E-state index < -0.39 is 0 Å². The maximum Gasteiger partial charge on any atom is 0.0667 e. The molecule has 0 spiro atoms. The molecule has 0 saturated carbocycles. The van der Waals surface area contributed by atoms with Gasteiger partial charge < -0.3 is 63.9 Å². The average molecular weight is 1270 g/mol. The van der Waals surface area contributed by atoms with Crippen LogP contribution in [0.5, 0.6) is 0 Å². The lowest BCUT2D eigenvalue weighted by atomic mass is 9.93. The minimum atomic E-state index is -0.0613. The second kappa shape index (κ2) is 53.5. The molecule has 1 unspecified atom stereocenters. The third-order valence-corrected chi connectivity index (χ3v) is 22.3. The number of hydrogen-bond donors (Lipinski definition) is 1. The van der Waals surface area contributed by atoms with Crippen LogP contribution in [0.15, 0.2) is 0 Å². The van der Waals surface area contributed by atoms with Crippen molar-refractivity contribution in [2.24, 2.45) is 41.4 Å². The van der Waals surface area contributed by atoms with Crippen molar-refractivity contribution < 1.29 is 5.11 Å². The summed E-state index contributed by atoms with van der Waals surface area (Å²) in [7, 11) is 21.9. The van der Waals surface area contributed by atoms with Gasteiger partial charge in [-0.2, -0.15) is 0 Å². The Labute approximate surface area is 564 Å². The first-order chi connectivity index (χ1) is 43.1. The highest BCUT2D eigenvalue weighted by Crippen LogP contribution is 2.23. The highest BCUT2D eigenvalue weighted by Gasteiger charge is 2.25. The number of β-amino-alcohol motifs (C(OH)–C–C–N with tert-alkyl or cyclic N) is 1. The average Bonchev–Trinajstić information content (AvgIpc) is 4.32. The fraction of sp³-hybridized carbons (Fsp3) is 1.00. The van der Waals surface area contributed by atoms with Crippen molar-refractivity contribution >= 4 is 0 Å². The fourth-order valence-corrected chi connectivity index (χ4v) is 14.5. The predicted octanol–water partition coefficient (Wildman–Crippen LogP) is 12.9. The number of nitrogens with zero attached hydrogens (tertiary/aromatic N) is 12. The predicted molar refractivity (Wildman–Crippen MR) is 398 cm³/mol. The molecule has 13 heteroatoms. The van der Waals surface area contributed by atoms with Gasteiger partial charge in [-0.05, 0) is 371 Å². The first-order valence-electron chi connectivity index (χ1n) is 39.1. The van der Waals surface area contributed by atoms with Crippen LogP contribution in [0.2, 0.25) is 0 Å². The Morgan fingerprint density at radius 3 is 0.878 bits per heavy atom. The number of hydrogen-bond acceptors (Lipinski definition) is 13. The molecule has 90 heavy (non-hydrogen) atoms. The number of aliphatic hydroxyl groups excluding tert-OH is 1. The van der Waals surface area contributed by atoms with E-state index in [0.29, 0.717) is 0 Å². The van der Waals surface area contributed by atoms with Gasteiger partial charge in [0, 0.05) is 45.3 Å². The SMILES string of the molecule is CC1CCN(C)CC1.CC1CCN(C)CC1.CC1CCN(C)CC1.CCC1CCN(C)CC1.CCC1CCN(C)CC1.CCCC1CCN(C)CC1.CCCN1CCN(C)CC1.CN1CCC(N2CCCC2)CC1.CN1CCCC(O)C1.C[C@H]1CCCN(C)C1. The van der Waals surface area contributed by atoms with Crippen LogP contribution in [0.1, 0.15) is 216 Å². The molecule has 0 aromatic heterocycles. The van der Waals surface area contributed by atoms with E-state index in [1.54, 1.807) is 0 Å². The van der Waals surface area contributed by atoms with Gasteiger partial charge in [0.15, 0.2) is 0 Å². The monoisotopic (exact) mass is 1270 g/mol. The lowest BCUT2D eigenvalue weighted by Crippen LogP contribution is -2.44. The van der Waals surface area contributed by atoms with Crippen LogP contribution in [0.4, 0.5) is 0 Å². The number of likely N-dealkylation sites (tertiary alicyclic amines) is 10. The van der Waals surface area contributed by atoms with E-state index in [-0.39, 0.29) is 6.10 Å². The Bertz CT molecular complexity index is 1370. The molecule has 0 bridgehead atoms. The topological polar surface area (TPSA) is 59.1 Å². The Hall–Kier alpha value is -0.520. The zero-order chi connectivity index (χ0) is 66.5. The number of aliphatic hydroxyl groups is 1. The number of piperazine rings is 1. The van der Waals surface area contributed by atoms with Gasteiger partial charge in [0.2, 0.25) is 0 Å². The highest BCUT2D eigenvalue weighted by molar-refractivity contribution is 4.81.